The van der Waals surface area contributed by atoms with Gasteiger partial charge in [-0.1, -0.05) is 23.4 Å². The van der Waals surface area contributed by atoms with Crippen LogP contribution in [-0.4, -0.2) is 18.5 Å². The maximum atomic E-state index is 5.86. The summed E-state index contributed by atoms with van der Waals surface area (Å²) in [4.78, 5) is 4.54. The molecule has 4 rings (SSSR count). The second-order valence-corrected chi connectivity index (χ2v) is 6.80. The van der Waals surface area contributed by atoms with E-state index < -0.39 is 0 Å². The molecule has 1 aromatic heterocycles. The predicted molar refractivity (Wildman–Crippen MR) is 119 cm³/mol. The van der Waals surface area contributed by atoms with Gasteiger partial charge in [0.2, 0.25) is 0 Å². The smallest absolute Gasteiger partial charge is 0.174 e. The van der Waals surface area contributed by atoms with E-state index in [1.807, 2.05) is 85.8 Å². The van der Waals surface area contributed by atoms with Crippen LogP contribution in [0.1, 0.15) is 17.0 Å². The zero-order valence-corrected chi connectivity index (χ0v) is 17.3. The van der Waals surface area contributed by atoms with Crippen molar-refractivity contribution in [1.82, 2.24) is 5.16 Å². The van der Waals surface area contributed by atoms with Crippen LogP contribution in [0.25, 0.3) is 0 Å². The van der Waals surface area contributed by atoms with Crippen molar-refractivity contribution in [3.63, 3.8) is 0 Å². The molecule has 0 saturated carbocycles. The molecule has 3 aromatic carbocycles. The number of aryl methyl sites for hydroxylation is 1. The molecule has 1 heterocycles. The molecule has 0 aliphatic heterocycles. The third kappa shape index (κ3) is 5.51. The summed E-state index contributed by atoms with van der Waals surface area (Å²) in [5.41, 5.74) is 2.51. The minimum absolute atomic E-state index is 0.265. The normalized spacial score (nSPS) is 10.9. The Morgan fingerprint density at radius 3 is 2.39 bits per heavy atom. The quantitative estimate of drug-likeness (QED) is 0.325. The Labute approximate surface area is 180 Å². The van der Waals surface area contributed by atoms with E-state index >= 15 is 0 Å². The lowest BCUT2D eigenvalue weighted by atomic mass is 10.2. The van der Waals surface area contributed by atoms with E-state index in [4.69, 9.17) is 18.7 Å². The van der Waals surface area contributed by atoms with Crippen molar-refractivity contribution in [3.05, 3.63) is 95.9 Å². The molecular formula is C25H22N2O4. The number of hydrogen-bond acceptors (Lipinski definition) is 6. The molecule has 0 bridgehead atoms. The van der Waals surface area contributed by atoms with Crippen LogP contribution >= 0.6 is 0 Å². The second-order valence-electron chi connectivity index (χ2n) is 6.80. The summed E-state index contributed by atoms with van der Waals surface area (Å²) in [5.74, 6) is 3.44. The van der Waals surface area contributed by atoms with E-state index in [1.54, 1.807) is 13.3 Å². The summed E-state index contributed by atoms with van der Waals surface area (Å²) in [5, 5.41) is 3.87. The molecule has 0 saturated heterocycles. The van der Waals surface area contributed by atoms with Crippen LogP contribution in [0.4, 0.5) is 5.69 Å². The molecule has 0 aliphatic rings. The van der Waals surface area contributed by atoms with Crippen LogP contribution in [0.2, 0.25) is 0 Å². The first-order chi connectivity index (χ1) is 15.2. The van der Waals surface area contributed by atoms with E-state index in [0.717, 1.165) is 28.4 Å². The molecule has 0 N–H and O–H groups in total. The fraction of sp³-hybridized carbons (Fsp3) is 0.120. The Kier molecular flexibility index (Phi) is 6.28. The van der Waals surface area contributed by atoms with E-state index in [-0.39, 0.29) is 6.61 Å². The van der Waals surface area contributed by atoms with Gasteiger partial charge >= 0.3 is 0 Å². The van der Waals surface area contributed by atoms with E-state index in [0.29, 0.717) is 17.3 Å². The van der Waals surface area contributed by atoms with Crippen molar-refractivity contribution in [2.75, 3.05) is 7.11 Å². The maximum Gasteiger partial charge on any atom is 0.174 e. The average Bonchev–Trinajstić information content (AvgIpc) is 3.23. The minimum Gasteiger partial charge on any atom is -0.493 e. The molecule has 0 unspecified atom stereocenters. The number of aromatic nitrogens is 1. The van der Waals surface area contributed by atoms with Crippen LogP contribution in [0.3, 0.4) is 0 Å². The number of benzene rings is 3. The maximum absolute atomic E-state index is 5.86. The van der Waals surface area contributed by atoms with Crippen molar-refractivity contribution < 1.29 is 18.7 Å². The molecule has 31 heavy (non-hydrogen) atoms. The van der Waals surface area contributed by atoms with E-state index in [2.05, 4.69) is 10.1 Å². The van der Waals surface area contributed by atoms with Crippen molar-refractivity contribution in [1.29, 1.82) is 0 Å². The highest BCUT2D eigenvalue weighted by Gasteiger charge is 2.08. The number of methoxy groups -OCH3 is 1. The third-order valence-corrected chi connectivity index (χ3v) is 4.41. The Morgan fingerprint density at radius 1 is 0.903 bits per heavy atom. The lowest BCUT2D eigenvalue weighted by Gasteiger charge is -2.10. The van der Waals surface area contributed by atoms with Crippen LogP contribution in [0.5, 0.6) is 23.0 Å². The Morgan fingerprint density at radius 2 is 1.68 bits per heavy atom. The third-order valence-electron chi connectivity index (χ3n) is 4.41. The molecule has 156 valence electrons. The number of aliphatic imine (C=N–C) groups is 1. The highest BCUT2D eigenvalue weighted by Crippen LogP contribution is 2.29. The van der Waals surface area contributed by atoms with Gasteiger partial charge in [0, 0.05) is 12.3 Å². The first-order valence-electron chi connectivity index (χ1n) is 9.80. The van der Waals surface area contributed by atoms with Crippen molar-refractivity contribution >= 4 is 11.9 Å². The number of ether oxygens (including phenoxy) is 3. The Balaban J connectivity index is 1.43. The fourth-order valence-electron chi connectivity index (χ4n) is 2.89. The number of rotatable bonds is 8. The monoisotopic (exact) mass is 414 g/mol. The molecular weight excluding hydrogens is 392 g/mol. The molecule has 0 fully saturated rings. The van der Waals surface area contributed by atoms with Gasteiger partial charge in [0.15, 0.2) is 17.3 Å². The van der Waals surface area contributed by atoms with Gasteiger partial charge in [0.05, 0.1) is 18.5 Å². The van der Waals surface area contributed by atoms with Gasteiger partial charge in [-0.05, 0) is 67.1 Å². The topological polar surface area (TPSA) is 66.1 Å². The van der Waals surface area contributed by atoms with Crippen LogP contribution in [0.15, 0.2) is 88.4 Å². The van der Waals surface area contributed by atoms with Crippen molar-refractivity contribution in [3.8, 4) is 23.0 Å². The first-order valence-corrected chi connectivity index (χ1v) is 9.80. The summed E-state index contributed by atoms with van der Waals surface area (Å²) in [7, 11) is 1.60. The first kappa shape index (κ1) is 20.2. The van der Waals surface area contributed by atoms with Gasteiger partial charge < -0.3 is 18.7 Å². The molecule has 0 amide bonds. The van der Waals surface area contributed by atoms with Gasteiger partial charge in [-0.3, -0.25) is 4.99 Å². The lowest BCUT2D eigenvalue weighted by molar-refractivity contribution is 0.239. The van der Waals surface area contributed by atoms with Gasteiger partial charge in [0.25, 0.3) is 0 Å². The van der Waals surface area contributed by atoms with E-state index in [1.165, 1.54) is 0 Å². The van der Waals surface area contributed by atoms with Crippen LogP contribution < -0.4 is 14.2 Å². The highest BCUT2D eigenvalue weighted by molar-refractivity contribution is 5.83. The van der Waals surface area contributed by atoms with Gasteiger partial charge in [0.1, 0.15) is 18.1 Å². The largest absolute Gasteiger partial charge is 0.493 e. The summed E-state index contributed by atoms with van der Waals surface area (Å²) in [6.07, 6.45) is 1.78. The van der Waals surface area contributed by atoms with Crippen LogP contribution in [-0.2, 0) is 6.61 Å². The number of hydrogen-bond donors (Lipinski definition) is 0. The number of nitrogens with zero attached hydrogens (tertiary/aromatic N) is 2. The van der Waals surface area contributed by atoms with Gasteiger partial charge in [-0.2, -0.15) is 0 Å². The molecule has 6 heteroatoms. The number of para-hydroxylation sites is 1. The van der Waals surface area contributed by atoms with Gasteiger partial charge in [-0.15, -0.1) is 0 Å². The molecule has 4 aromatic rings. The Hall–Kier alpha value is -4.06. The zero-order chi connectivity index (χ0) is 21.5. The lowest BCUT2D eigenvalue weighted by Crippen LogP contribution is -1.97. The molecule has 6 nitrogen and oxygen atoms in total. The second kappa shape index (κ2) is 9.63. The van der Waals surface area contributed by atoms with Gasteiger partial charge in [-0.25, -0.2) is 0 Å². The van der Waals surface area contributed by atoms with E-state index in [9.17, 15) is 0 Å². The SMILES string of the molecule is COc1ccc(C=Nc2ccc(Oc3ccccc3)cc2)cc1OCc1cc(C)no1. The Bertz CT molecular complexity index is 1150. The zero-order valence-electron chi connectivity index (χ0n) is 17.3. The highest BCUT2D eigenvalue weighted by atomic mass is 16.5. The summed E-state index contributed by atoms with van der Waals surface area (Å²) < 4.78 is 22.2. The molecule has 0 atom stereocenters. The average molecular weight is 414 g/mol. The summed E-state index contributed by atoms with van der Waals surface area (Å²) in [6.45, 7) is 2.13. The summed E-state index contributed by atoms with van der Waals surface area (Å²) in [6, 6.07) is 24.7. The summed E-state index contributed by atoms with van der Waals surface area (Å²) >= 11 is 0. The molecule has 0 spiro atoms. The predicted octanol–water partition coefficient (Wildman–Crippen LogP) is 6.11. The minimum atomic E-state index is 0.265. The fourth-order valence-corrected chi connectivity index (χ4v) is 2.89. The molecule has 0 radical (unpaired) electrons. The molecule has 0 aliphatic carbocycles. The van der Waals surface area contributed by atoms with Crippen molar-refractivity contribution in [2.24, 2.45) is 4.99 Å². The van der Waals surface area contributed by atoms with Crippen molar-refractivity contribution in [2.45, 2.75) is 13.5 Å². The van der Waals surface area contributed by atoms with Crippen LogP contribution in [0, 0.1) is 6.92 Å². The standard InChI is InChI=1S/C25H22N2O4/c1-18-14-23(31-27-18)17-29-25-15-19(8-13-24(25)28-2)16-26-20-9-11-22(12-10-20)30-21-6-4-3-5-7-21/h3-16H,17H2,1-2H3.